The number of benzene rings is 1. The molecule has 22 heavy (non-hydrogen) atoms. The molecule has 0 aliphatic rings. The zero-order valence-corrected chi connectivity index (χ0v) is 13.2. The van der Waals surface area contributed by atoms with Crippen molar-refractivity contribution < 1.29 is 13.2 Å². The molecule has 2 rings (SSSR count). The van der Waals surface area contributed by atoms with Crippen LogP contribution in [0.3, 0.4) is 0 Å². The van der Waals surface area contributed by atoms with Crippen LogP contribution in [-0.2, 0) is 14.6 Å². The second kappa shape index (κ2) is 6.70. The lowest BCUT2D eigenvalue weighted by Crippen LogP contribution is -2.39. The van der Waals surface area contributed by atoms with E-state index in [1.165, 1.54) is 19.2 Å². The third-order valence-corrected chi connectivity index (χ3v) is 5.39. The summed E-state index contributed by atoms with van der Waals surface area (Å²) < 4.78 is 24.7. The fraction of sp³-hybridized carbons (Fsp3) is 0.250. The van der Waals surface area contributed by atoms with Crippen LogP contribution in [0.15, 0.2) is 59.8 Å². The molecule has 5 nitrogen and oxygen atoms in total. The van der Waals surface area contributed by atoms with E-state index in [4.69, 9.17) is 0 Å². The van der Waals surface area contributed by atoms with Crippen molar-refractivity contribution in [3.05, 3.63) is 60.3 Å². The van der Waals surface area contributed by atoms with Gasteiger partial charge in [0.05, 0.1) is 6.04 Å². The van der Waals surface area contributed by atoms with E-state index in [0.717, 1.165) is 5.56 Å². The highest BCUT2D eigenvalue weighted by Crippen LogP contribution is 2.16. The summed E-state index contributed by atoms with van der Waals surface area (Å²) in [6.45, 7) is 3.18. The lowest BCUT2D eigenvalue weighted by molar-refractivity contribution is -0.121. The Hall–Kier alpha value is -2.21. The number of carbonyl (C=O) groups excluding carboxylic acids is 1. The molecular weight excluding hydrogens is 300 g/mol. The van der Waals surface area contributed by atoms with Crippen molar-refractivity contribution in [1.29, 1.82) is 0 Å². The van der Waals surface area contributed by atoms with Crippen LogP contribution in [0.2, 0.25) is 0 Å². The van der Waals surface area contributed by atoms with Gasteiger partial charge < -0.3 is 5.32 Å². The molecule has 0 aliphatic heterocycles. The Morgan fingerprint density at radius 1 is 1.05 bits per heavy atom. The van der Waals surface area contributed by atoms with Gasteiger partial charge in [-0.1, -0.05) is 36.4 Å². The summed E-state index contributed by atoms with van der Waals surface area (Å²) in [5.74, 6) is -0.540. The Balaban J connectivity index is 2.13. The molecule has 1 aromatic carbocycles. The van der Waals surface area contributed by atoms with Crippen molar-refractivity contribution >= 4 is 15.7 Å². The number of nitrogens with one attached hydrogen (secondary N) is 1. The van der Waals surface area contributed by atoms with Gasteiger partial charge in [0.1, 0.15) is 5.25 Å². The third-order valence-electron chi connectivity index (χ3n) is 3.42. The molecule has 1 N–H and O–H groups in total. The molecule has 0 saturated carbocycles. The second-order valence-electron chi connectivity index (χ2n) is 5.00. The highest BCUT2D eigenvalue weighted by Gasteiger charge is 2.31. The first-order valence-electron chi connectivity index (χ1n) is 6.93. The fourth-order valence-electron chi connectivity index (χ4n) is 1.99. The van der Waals surface area contributed by atoms with E-state index in [9.17, 15) is 13.2 Å². The normalized spacial score (nSPS) is 14.1. The van der Waals surface area contributed by atoms with Crippen LogP contribution < -0.4 is 5.32 Å². The van der Waals surface area contributed by atoms with E-state index < -0.39 is 21.0 Å². The molecule has 0 radical (unpaired) electrons. The zero-order valence-electron chi connectivity index (χ0n) is 12.4. The van der Waals surface area contributed by atoms with Crippen molar-refractivity contribution in [3.63, 3.8) is 0 Å². The van der Waals surface area contributed by atoms with Gasteiger partial charge in [-0.05, 0) is 31.5 Å². The van der Waals surface area contributed by atoms with Crippen LogP contribution in [0.25, 0.3) is 0 Å². The first kappa shape index (κ1) is 16.2. The molecule has 0 aliphatic carbocycles. The highest BCUT2D eigenvalue weighted by molar-refractivity contribution is 7.92. The summed E-state index contributed by atoms with van der Waals surface area (Å²) >= 11 is 0. The summed E-state index contributed by atoms with van der Waals surface area (Å²) in [5.41, 5.74) is 0.915. The molecule has 1 heterocycles. The molecule has 0 bridgehead atoms. The van der Waals surface area contributed by atoms with Crippen LogP contribution in [0.1, 0.15) is 25.5 Å². The van der Waals surface area contributed by atoms with Gasteiger partial charge in [0.15, 0.2) is 5.03 Å². The van der Waals surface area contributed by atoms with E-state index in [-0.39, 0.29) is 11.1 Å². The number of carbonyl (C=O) groups is 1. The third kappa shape index (κ3) is 3.51. The van der Waals surface area contributed by atoms with Crippen molar-refractivity contribution in [2.75, 3.05) is 0 Å². The maximum Gasteiger partial charge on any atom is 0.238 e. The van der Waals surface area contributed by atoms with Crippen molar-refractivity contribution in [2.45, 2.75) is 30.2 Å². The summed E-state index contributed by atoms with van der Waals surface area (Å²) in [7, 11) is -3.79. The van der Waals surface area contributed by atoms with Gasteiger partial charge in [0.25, 0.3) is 0 Å². The Bertz CT molecular complexity index is 731. The average Bonchev–Trinajstić information content (AvgIpc) is 2.55. The number of amides is 1. The maximum absolute atomic E-state index is 12.4. The number of hydrogen-bond acceptors (Lipinski definition) is 4. The first-order chi connectivity index (χ1) is 10.4. The molecule has 0 unspecified atom stereocenters. The fourth-order valence-corrected chi connectivity index (χ4v) is 3.18. The Morgan fingerprint density at radius 2 is 1.68 bits per heavy atom. The van der Waals surface area contributed by atoms with E-state index in [2.05, 4.69) is 10.3 Å². The van der Waals surface area contributed by atoms with Gasteiger partial charge in [0, 0.05) is 6.20 Å². The Kier molecular flexibility index (Phi) is 4.92. The van der Waals surface area contributed by atoms with Crippen molar-refractivity contribution in [3.8, 4) is 0 Å². The minimum Gasteiger partial charge on any atom is -0.348 e. The van der Waals surface area contributed by atoms with Gasteiger partial charge in [-0.15, -0.1) is 0 Å². The molecule has 0 spiro atoms. The number of hydrogen-bond donors (Lipinski definition) is 1. The molecule has 6 heteroatoms. The van der Waals surface area contributed by atoms with E-state index in [1.54, 1.807) is 12.1 Å². The maximum atomic E-state index is 12.4. The second-order valence-corrected chi connectivity index (χ2v) is 7.21. The summed E-state index contributed by atoms with van der Waals surface area (Å²) in [6, 6.07) is 13.7. The number of rotatable bonds is 5. The summed E-state index contributed by atoms with van der Waals surface area (Å²) in [5, 5.41) is 1.43. The average molecular weight is 318 g/mol. The first-order valence-corrected chi connectivity index (χ1v) is 8.48. The quantitative estimate of drug-likeness (QED) is 0.916. The zero-order chi connectivity index (χ0) is 16.2. The van der Waals surface area contributed by atoms with Crippen LogP contribution in [0, 0.1) is 0 Å². The standard InChI is InChI=1S/C16H18N2O3S/c1-12(14-8-4-3-5-9-14)18-16(19)13(2)22(20,21)15-10-6-7-11-17-15/h3-13H,1-2H3,(H,18,19)/t12-,13-/m0/s1. The Labute approximate surface area is 130 Å². The van der Waals surface area contributed by atoms with E-state index >= 15 is 0 Å². The van der Waals surface area contributed by atoms with E-state index in [0.29, 0.717) is 0 Å². The smallest absolute Gasteiger partial charge is 0.238 e. The highest BCUT2D eigenvalue weighted by atomic mass is 32.2. The molecule has 0 fully saturated rings. The minimum absolute atomic E-state index is 0.0926. The molecule has 1 aromatic heterocycles. The predicted molar refractivity (Wildman–Crippen MR) is 83.9 cm³/mol. The van der Waals surface area contributed by atoms with Crippen LogP contribution in [0.5, 0.6) is 0 Å². The van der Waals surface area contributed by atoms with Crippen LogP contribution in [0.4, 0.5) is 0 Å². The van der Waals surface area contributed by atoms with Gasteiger partial charge in [-0.2, -0.15) is 0 Å². The SMILES string of the molecule is C[C@H](NC(=O)[C@H](C)S(=O)(=O)c1ccccn1)c1ccccc1. The molecular formula is C16H18N2O3S. The summed E-state index contributed by atoms with van der Waals surface area (Å²) in [4.78, 5) is 16.1. The lowest BCUT2D eigenvalue weighted by atomic mass is 10.1. The van der Waals surface area contributed by atoms with Crippen LogP contribution in [-0.4, -0.2) is 24.6 Å². The van der Waals surface area contributed by atoms with Crippen molar-refractivity contribution in [2.24, 2.45) is 0 Å². The largest absolute Gasteiger partial charge is 0.348 e. The van der Waals surface area contributed by atoms with Gasteiger partial charge >= 0.3 is 0 Å². The number of pyridine rings is 1. The number of nitrogens with zero attached hydrogens (tertiary/aromatic N) is 1. The lowest BCUT2D eigenvalue weighted by Gasteiger charge is -2.18. The molecule has 2 atom stereocenters. The number of aromatic nitrogens is 1. The van der Waals surface area contributed by atoms with E-state index in [1.807, 2.05) is 37.3 Å². The minimum atomic E-state index is -3.79. The monoisotopic (exact) mass is 318 g/mol. The molecule has 2 aromatic rings. The van der Waals surface area contributed by atoms with Gasteiger partial charge in [0.2, 0.25) is 15.7 Å². The Morgan fingerprint density at radius 3 is 2.27 bits per heavy atom. The summed E-state index contributed by atoms with van der Waals surface area (Å²) in [6.07, 6.45) is 1.39. The van der Waals surface area contributed by atoms with Crippen LogP contribution >= 0.6 is 0 Å². The molecule has 1 amide bonds. The molecule has 0 saturated heterocycles. The van der Waals surface area contributed by atoms with Gasteiger partial charge in [-0.25, -0.2) is 13.4 Å². The van der Waals surface area contributed by atoms with Crippen molar-refractivity contribution in [1.82, 2.24) is 10.3 Å². The predicted octanol–water partition coefficient (Wildman–Crippen LogP) is 2.12. The number of sulfone groups is 1. The molecule has 116 valence electrons. The van der Waals surface area contributed by atoms with Gasteiger partial charge in [-0.3, -0.25) is 4.79 Å². The topological polar surface area (TPSA) is 76.1 Å².